The lowest BCUT2D eigenvalue weighted by Gasteiger charge is -2.31. The number of aromatic nitrogens is 2. The zero-order valence-corrected chi connectivity index (χ0v) is 14.8. The van der Waals surface area contributed by atoms with Gasteiger partial charge >= 0.3 is 0 Å². The molecular formula is C19H25N5O2. The van der Waals surface area contributed by atoms with Crippen molar-refractivity contribution in [1.29, 1.82) is 0 Å². The minimum Gasteiger partial charge on any atom is -0.369 e. The van der Waals surface area contributed by atoms with E-state index in [0.717, 1.165) is 44.6 Å². The van der Waals surface area contributed by atoms with Crippen molar-refractivity contribution >= 4 is 11.8 Å². The standard InChI is InChI=1S/C19H25N5O2/c20-18(25)15-6-4-11-23(14-15)12-5-10-21-19(26)17-9-13-24(22-17)16-7-2-1-3-8-16/h1-3,7-9,13,15H,4-6,10-12,14H2,(H2,20,25)(H,21,26). The lowest BCUT2D eigenvalue weighted by Crippen LogP contribution is -2.42. The van der Waals surface area contributed by atoms with Crippen LogP contribution in [0.3, 0.4) is 0 Å². The van der Waals surface area contributed by atoms with Crippen LogP contribution in [0.15, 0.2) is 42.6 Å². The van der Waals surface area contributed by atoms with Crippen molar-refractivity contribution in [3.63, 3.8) is 0 Å². The quantitative estimate of drug-likeness (QED) is 0.730. The second kappa shape index (κ2) is 8.62. The van der Waals surface area contributed by atoms with Crippen LogP contribution < -0.4 is 11.1 Å². The number of piperidine rings is 1. The minimum atomic E-state index is -0.211. The number of carbonyl (C=O) groups excluding carboxylic acids is 2. The van der Waals surface area contributed by atoms with Gasteiger partial charge < -0.3 is 16.0 Å². The third kappa shape index (κ3) is 4.70. The molecule has 3 N–H and O–H groups in total. The number of hydrogen-bond donors (Lipinski definition) is 2. The van der Waals surface area contributed by atoms with Crippen LogP contribution in [0.5, 0.6) is 0 Å². The Morgan fingerprint density at radius 1 is 1.23 bits per heavy atom. The molecule has 0 radical (unpaired) electrons. The number of rotatable bonds is 7. The van der Waals surface area contributed by atoms with E-state index in [1.807, 2.05) is 30.3 Å². The second-order valence-corrected chi connectivity index (χ2v) is 6.63. The number of nitrogens with zero attached hydrogens (tertiary/aromatic N) is 3. The number of nitrogens with two attached hydrogens (primary N) is 1. The lowest BCUT2D eigenvalue weighted by atomic mass is 9.97. The first kappa shape index (κ1) is 18.1. The Labute approximate surface area is 153 Å². The molecular weight excluding hydrogens is 330 g/mol. The highest BCUT2D eigenvalue weighted by molar-refractivity contribution is 5.92. The van der Waals surface area contributed by atoms with Gasteiger partial charge in [0.1, 0.15) is 0 Å². The number of amides is 2. The summed E-state index contributed by atoms with van der Waals surface area (Å²) >= 11 is 0. The van der Waals surface area contributed by atoms with E-state index in [1.54, 1.807) is 16.9 Å². The largest absolute Gasteiger partial charge is 0.369 e. The van der Waals surface area contributed by atoms with Gasteiger partial charge in [-0.25, -0.2) is 4.68 Å². The molecule has 138 valence electrons. The molecule has 2 amide bonds. The molecule has 1 atom stereocenters. The number of benzene rings is 1. The molecule has 0 spiro atoms. The highest BCUT2D eigenvalue weighted by Gasteiger charge is 2.23. The average molecular weight is 355 g/mol. The van der Waals surface area contributed by atoms with Gasteiger partial charge in [0, 0.05) is 19.3 Å². The molecule has 1 aromatic heterocycles. The smallest absolute Gasteiger partial charge is 0.271 e. The van der Waals surface area contributed by atoms with Crippen LogP contribution in [0.4, 0.5) is 0 Å². The molecule has 1 aliphatic rings. The lowest BCUT2D eigenvalue weighted by molar-refractivity contribution is -0.123. The first-order valence-corrected chi connectivity index (χ1v) is 9.04. The summed E-state index contributed by atoms with van der Waals surface area (Å²) in [6, 6.07) is 11.4. The molecule has 7 nitrogen and oxygen atoms in total. The van der Waals surface area contributed by atoms with Crippen LogP contribution in [-0.2, 0) is 4.79 Å². The Morgan fingerprint density at radius 2 is 2.04 bits per heavy atom. The highest BCUT2D eigenvalue weighted by atomic mass is 16.2. The summed E-state index contributed by atoms with van der Waals surface area (Å²) in [6.07, 6.45) is 4.49. The van der Waals surface area contributed by atoms with E-state index in [2.05, 4.69) is 15.3 Å². The van der Waals surface area contributed by atoms with Crippen LogP contribution in [0.2, 0.25) is 0 Å². The van der Waals surface area contributed by atoms with Crippen molar-refractivity contribution in [3.05, 3.63) is 48.3 Å². The molecule has 26 heavy (non-hydrogen) atoms. The van der Waals surface area contributed by atoms with Gasteiger partial charge in [-0.3, -0.25) is 9.59 Å². The summed E-state index contributed by atoms with van der Waals surface area (Å²) < 4.78 is 1.69. The van der Waals surface area contributed by atoms with Gasteiger partial charge in [0.15, 0.2) is 5.69 Å². The van der Waals surface area contributed by atoms with E-state index in [-0.39, 0.29) is 17.7 Å². The van der Waals surface area contributed by atoms with Crippen molar-refractivity contribution < 1.29 is 9.59 Å². The molecule has 0 saturated carbocycles. The van der Waals surface area contributed by atoms with E-state index in [1.165, 1.54) is 0 Å². The summed E-state index contributed by atoms with van der Waals surface area (Å²) in [4.78, 5) is 25.8. The summed E-state index contributed by atoms with van der Waals surface area (Å²) in [7, 11) is 0. The van der Waals surface area contributed by atoms with Crippen LogP contribution in [0.1, 0.15) is 29.8 Å². The number of primary amides is 1. The molecule has 1 unspecified atom stereocenters. The summed E-state index contributed by atoms with van der Waals surface area (Å²) in [5.41, 5.74) is 6.72. The molecule has 2 aromatic rings. The van der Waals surface area contributed by atoms with E-state index in [9.17, 15) is 9.59 Å². The van der Waals surface area contributed by atoms with Crippen molar-refractivity contribution in [1.82, 2.24) is 20.0 Å². The molecule has 1 fully saturated rings. The maximum atomic E-state index is 12.2. The number of carbonyl (C=O) groups is 2. The maximum Gasteiger partial charge on any atom is 0.271 e. The van der Waals surface area contributed by atoms with Gasteiger partial charge in [-0.1, -0.05) is 18.2 Å². The number of nitrogens with one attached hydrogen (secondary N) is 1. The Morgan fingerprint density at radius 3 is 2.81 bits per heavy atom. The molecule has 1 aromatic carbocycles. The van der Waals surface area contributed by atoms with Gasteiger partial charge in [-0.2, -0.15) is 5.10 Å². The average Bonchev–Trinajstić information content (AvgIpc) is 3.16. The fourth-order valence-corrected chi connectivity index (χ4v) is 3.26. The van der Waals surface area contributed by atoms with Crippen LogP contribution in [-0.4, -0.2) is 52.7 Å². The highest BCUT2D eigenvalue weighted by Crippen LogP contribution is 2.15. The third-order valence-corrected chi connectivity index (χ3v) is 4.69. The van der Waals surface area contributed by atoms with Crippen molar-refractivity contribution in [2.24, 2.45) is 11.7 Å². The molecule has 2 heterocycles. The Hall–Kier alpha value is -2.67. The fourth-order valence-electron chi connectivity index (χ4n) is 3.26. The van der Waals surface area contributed by atoms with Gasteiger partial charge in [-0.15, -0.1) is 0 Å². The number of likely N-dealkylation sites (tertiary alicyclic amines) is 1. The van der Waals surface area contributed by atoms with Crippen molar-refractivity contribution in [2.75, 3.05) is 26.2 Å². The normalized spacial score (nSPS) is 17.8. The first-order valence-electron chi connectivity index (χ1n) is 9.04. The van der Waals surface area contributed by atoms with Crippen LogP contribution >= 0.6 is 0 Å². The van der Waals surface area contributed by atoms with Crippen LogP contribution in [0, 0.1) is 5.92 Å². The zero-order valence-electron chi connectivity index (χ0n) is 14.8. The Balaban J connectivity index is 1.42. The van der Waals surface area contributed by atoms with E-state index < -0.39 is 0 Å². The number of hydrogen-bond acceptors (Lipinski definition) is 4. The zero-order chi connectivity index (χ0) is 18.4. The van der Waals surface area contributed by atoms with E-state index in [4.69, 9.17) is 5.73 Å². The molecule has 7 heteroatoms. The van der Waals surface area contributed by atoms with Crippen molar-refractivity contribution in [2.45, 2.75) is 19.3 Å². The van der Waals surface area contributed by atoms with E-state index in [0.29, 0.717) is 12.2 Å². The first-order chi connectivity index (χ1) is 12.6. The van der Waals surface area contributed by atoms with Gasteiger partial charge in [0.25, 0.3) is 5.91 Å². The summed E-state index contributed by atoms with van der Waals surface area (Å²) in [6.45, 7) is 3.14. The maximum absolute atomic E-state index is 12.2. The molecule has 0 aliphatic carbocycles. The van der Waals surface area contributed by atoms with Crippen LogP contribution in [0.25, 0.3) is 5.69 Å². The summed E-state index contributed by atoms with van der Waals surface area (Å²) in [5.74, 6) is -0.425. The third-order valence-electron chi connectivity index (χ3n) is 4.69. The van der Waals surface area contributed by atoms with Gasteiger partial charge in [0.05, 0.1) is 11.6 Å². The van der Waals surface area contributed by atoms with Crippen molar-refractivity contribution in [3.8, 4) is 5.69 Å². The minimum absolute atomic E-state index is 0.0414. The number of para-hydroxylation sites is 1. The molecule has 1 saturated heterocycles. The van der Waals surface area contributed by atoms with Gasteiger partial charge in [-0.05, 0) is 50.6 Å². The second-order valence-electron chi connectivity index (χ2n) is 6.63. The molecule has 0 bridgehead atoms. The SMILES string of the molecule is NC(=O)C1CCCN(CCCNC(=O)c2ccn(-c3ccccc3)n2)C1. The Bertz CT molecular complexity index is 743. The Kier molecular flexibility index (Phi) is 6.01. The molecule has 3 rings (SSSR count). The predicted octanol–water partition coefficient (Wildman–Crippen LogP) is 1.19. The monoisotopic (exact) mass is 355 g/mol. The van der Waals surface area contributed by atoms with E-state index >= 15 is 0 Å². The van der Waals surface area contributed by atoms with Gasteiger partial charge in [0.2, 0.25) is 5.91 Å². The molecule has 1 aliphatic heterocycles. The fraction of sp³-hybridized carbons (Fsp3) is 0.421. The summed E-state index contributed by atoms with van der Waals surface area (Å²) in [5, 5.41) is 7.23. The predicted molar refractivity (Wildman–Crippen MR) is 98.9 cm³/mol. The topological polar surface area (TPSA) is 93.3 Å².